The summed E-state index contributed by atoms with van der Waals surface area (Å²) in [5.74, 6) is 1.44. The van der Waals surface area contributed by atoms with E-state index in [0.29, 0.717) is 11.4 Å². The zero-order valence-corrected chi connectivity index (χ0v) is 11.8. The zero-order valence-electron chi connectivity index (χ0n) is 11.8. The van der Waals surface area contributed by atoms with E-state index in [1.807, 2.05) is 49.2 Å². The number of aryl methyl sites for hydroxylation is 1. The van der Waals surface area contributed by atoms with E-state index >= 15 is 0 Å². The Bertz CT molecular complexity index is 640. The number of nitrogens with two attached hydrogens (primary N) is 1. The summed E-state index contributed by atoms with van der Waals surface area (Å²) in [5, 5.41) is 7.74. The van der Waals surface area contributed by atoms with E-state index in [9.17, 15) is 0 Å². The Hall–Kier alpha value is -2.56. The second-order valence-electron chi connectivity index (χ2n) is 4.50. The average molecular weight is 270 g/mol. The Morgan fingerprint density at radius 1 is 1.35 bits per heavy atom. The van der Waals surface area contributed by atoms with Crippen molar-refractivity contribution in [3.05, 3.63) is 47.7 Å². The van der Waals surface area contributed by atoms with Gasteiger partial charge < -0.3 is 15.4 Å². The molecule has 0 amide bonds. The Labute approximate surface area is 118 Å². The molecule has 0 bridgehead atoms. The summed E-state index contributed by atoms with van der Waals surface area (Å²) in [7, 11) is 3.52. The average Bonchev–Trinajstić information content (AvgIpc) is 2.45. The monoisotopic (exact) mass is 270 g/mol. The van der Waals surface area contributed by atoms with Gasteiger partial charge in [-0.25, -0.2) is 4.98 Å². The Kier molecular flexibility index (Phi) is 3.89. The molecule has 104 valence electrons. The van der Waals surface area contributed by atoms with Crippen LogP contribution < -0.4 is 15.4 Å². The van der Waals surface area contributed by atoms with E-state index < -0.39 is 0 Å². The van der Waals surface area contributed by atoms with Crippen molar-refractivity contribution < 1.29 is 4.74 Å². The lowest BCUT2D eigenvalue weighted by atomic mass is 10.1. The molecular weight excluding hydrogens is 252 g/mol. The standard InChI is InChI=1S/C15H18N4O/c1-10-7-8-18-15(13(10)14(16)17)19(2)11-5-4-6-12(9-11)20-3/h4-9H,1-3H3,(H3,16,17). The van der Waals surface area contributed by atoms with Crippen LogP contribution in [0.4, 0.5) is 11.5 Å². The highest BCUT2D eigenvalue weighted by Gasteiger charge is 2.15. The van der Waals surface area contributed by atoms with Crippen LogP contribution >= 0.6 is 0 Å². The van der Waals surface area contributed by atoms with Gasteiger partial charge in [0.1, 0.15) is 17.4 Å². The van der Waals surface area contributed by atoms with Gasteiger partial charge in [0.2, 0.25) is 0 Å². The summed E-state index contributed by atoms with van der Waals surface area (Å²) in [6.45, 7) is 1.92. The van der Waals surface area contributed by atoms with Crippen molar-refractivity contribution in [2.45, 2.75) is 6.92 Å². The number of nitrogens with one attached hydrogen (secondary N) is 1. The Balaban J connectivity index is 2.50. The second-order valence-corrected chi connectivity index (χ2v) is 4.50. The van der Waals surface area contributed by atoms with Crippen molar-refractivity contribution in [1.82, 2.24) is 4.98 Å². The lowest BCUT2D eigenvalue weighted by Gasteiger charge is -2.22. The number of hydrogen-bond acceptors (Lipinski definition) is 4. The van der Waals surface area contributed by atoms with Gasteiger partial charge in [-0.15, -0.1) is 0 Å². The minimum atomic E-state index is 0.0142. The number of ether oxygens (including phenoxy) is 1. The Morgan fingerprint density at radius 2 is 2.10 bits per heavy atom. The predicted molar refractivity (Wildman–Crippen MR) is 81.0 cm³/mol. The number of pyridine rings is 1. The highest BCUT2D eigenvalue weighted by atomic mass is 16.5. The molecule has 0 unspecified atom stereocenters. The smallest absolute Gasteiger partial charge is 0.143 e. The van der Waals surface area contributed by atoms with Gasteiger partial charge in [0, 0.05) is 25.0 Å². The minimum absolute atomic E-state index is 0.0142. The maximum atomic E-state index is 7.74. The molecule has 20 heavy (non-hydrogen) atoms. The molecule has 0 aliphatic rings. The molecule has 0 saturated carbocycles. The maximum absolute atomic E-state index is 7.74. The molecule has 3 N–H and O–H groups in total. The van der Waals surface area contributed by atoms with Crippen LogP contribution in [0.5, 0.6) is 5.75 Å². The first-order valence-electron chi connectivity index (χ1n) is 6.22. The molecule has 0 fully saturated rings. The highest BCUT2D eigenvalue weighted by Crippen LogP contribution is 2.28. The minimum Gasteiger partial charge on any atom is -0.497 e. The van der Waals surface area contributed by atoms with Crippen LogP contribution in [-0.2, 0) is 0 Å². The van der Waals surface area contributed by atoms with Crippen molar-refractivity contribution >= 4 is 17.3 Å². The summed E-state index contributed by atoms with van der Waals surface area (Å²) in [4.78, 5) is 6.25. The van der Waals surface area contributed by atoms with Gasteiger partial charge in [0.25, 0.3) is 0 Å². The molecule has 0 radical (unpaired) electrons. The number of rotatable bonds is 4. The van der Waals surface area contributed by atoms with Gasteiger partial charge in [0.15, 0.2) is 0 Å². The number of benzene rings is 1. The number of anilines is 2. The first-order chi connectivity index (χ1) is 9.54. The fraction of sp³-hybridized carbons (Fsp3) is 0.200. The van der Waals surface area contributed by atoms with Gasteiger partial charge in [-0.3, -0.25) is 5.41 Å². The lowest BCUT2D eigenvalue weighted by Crippen LogP contribution is -2.21. The van der Waals surface area contributed by atoms with Gasteiger partial charge in [-0.05, 0) is 30.7 Å². The molecule has 1 aromatic carbocycles. The molecule has 1 aromatic heterocycles. The maximum Gasteiger partial charge on any atom is 0.143 e. The molecule has 0 aliphatic heterocycles. The molecule has 0 aliphatic carbocycles. The fourth-order valence-corrected chi connectivity index (χ4v) is 2.07. The Morgan fingerprint density at radius 3 is 2.75 bits per heavy atom. The second kappa shape index (κ2) is 5.61. The van der Waals surface area contributed by atoms with Crippen LogP contribution in [0.3, 0.4) is 0 Å². The van der Waals surface area contributed by atoms with Gasteiger partial charge in [-0.1, -0.05) is 6.07 Å². The summed E-state index contributed by atoms with van der Waals surface area (Å²) < 4.78 is 5.23. The van der Waals surface area contributed by atoms with E-state index in [1.54, 1.807) is 13.3 Å². The number of methoxy groups -OCH3 is 1. The summed E-state index contributed by atoms with van der Waals surface area (Å²) in [6, 6.07) is 9.50. The zero-order chi connectivity index (χ0) is 14.7. The van der Waals surface area contributed by atoms with Crippen LogP contribution in [-0.4, -0.2) is 25.0 Å². The molecule has 0 spiro atoms. The topological polar surface area (TPSA) is 75.2 Å². The number of aromatic nitrogens is 1. The fourth-order valence-electron chi connectivity index (χ4n) is 2.07. The molecule has 2 rings (SSSR count). The van der Waals surface area contributed by atoms with Gasteiger partial charge >= 0.3 is 0 Å². The quantitative estimate of drug-likeness (QED) is 0.661. The van der Waals surface area contributed by atoms with Crippen molar-refractivity contribution in [1.29, 1.82) is 5.41 Å². The summed E-state index contributed by atoms with van der Waals surface area (Å²) >= 11 is 0. The molecule has 1 heterocycles. The predicted octanol–water partition coefficient (Wildman–Crippen LogP) is 2.45. The van der Waals surface area contributed by atoms with Crippen molar-refractivity contribution in [2.24, 2.45) is 5.73 Å². The SMILES string of the molecule is COc1cccc(N(C)c2nccc(C)c2C(=N)N)c1. The van der Waals surface area contributed by atoms with Crippen LogP contribution in [0, 0.1) is 12.3 Å². The molecular formula is C15H18N4O. The lowest BCUT2D eigenvalue weighted by molar-refractivity contribution is 0.415. The van der Waals surface area contributed by atoms with Crippen LogP contribution in [0.25, 0.3) is 0 Å². The molecule has 2 aromatic rings. The van der Waals surface area contributed by atoms with E-state index in [4.69, 9.17) is 15.9 Å². The van der Waals surface area contributed by atoms with Crippen molar-refractivity contribution in [2.75, 3.05) is 19.1 Å². The third kappa shape index (κ3) is 2.56. The first-order valence-corrected chi connectivity index (χ1v) is 6.22. The normalized spacial score (nSPS) is 10.2. The van der Waals surface area contributed by atoms with E-state index in [-0.39, 0.29) is 5.84 Å². The van der Waals surface area contributed by atoms with E-state index in [2.05, 4.69) is 4.98 Å². The molecule has 5 heteroatoms. The van der Waals surface area contributed by atoms with Crippen molar-refractivity contribution in [3.8, 4) is 5.75 Å². The first kappa shape index (κ1) is 13.9. The number of amidine groups is 1. The highest BCUT2D eigenvalue weighted by molar-refractivity contribution is 6.01. The molecule has 0 atom stereocenters. The third-order valence-corrected chi connectivity index (χ3v) is 3.17. The van der Waals surface area contributed by atoms with Crippen LogP contribution in [0.1, 0.15) is 11.1 Å². The summed E-state index contributed by atoms with van der Waals surface area (Å²) in [5.41, 5.74) is 8.18. The van der Waals surface area contributed by atoms with Crippen LogP contribution in [0.2, 0.25) is 0 Å². The van der Waals surface area contributed by atoms with Crippen molar-refractivity contribution in [3.63, 3.8) is 0 Å². The number of hydrogen-bond donors (Lipinski definition) is 2. The largest absolute Gasteiger partial charge is 0.497 e. The molecule has 0 saturated heterocycles. The van der Waals surface area contributed by atoms with Gasteiger partial charge in [-0.2, -0.15) is 0 Å². The molecule has 5 nitrogen and oxygen atoms in total. The van der Waals surface area contributed by atoms with E-state index in [0.717, 1.165) is 17.0 Å². The number of nitrogens with zero attached hydrogens (tertiary/aromatic N) is 2. The van der Waals surface area contributed by atoms with E-state index in [1.165, 1.54) is 0 Å². The third-order valence-electron chi connectivity index (χ3n) is 3.17. The number of nitrogen functional groups attached to an aromatic ring is 1. The van der Waals surface area contributed by atoms with Gasteiger partial charge in [0.05, 0.1) is 12.7 Å². The van der Waals surface area contributed by atoms with Crippen LogP contribution in [0.15, 0.2) is 36.5 Å². The summed E-state index contributed by atoms with van der Waals surface area (Å²) in [6.07, 6.45) is 1.72.